The fourth-order valence-electron chi connectivity index (χ4n) is 2.55. The number of likely N-dealkylation sites (N-methyl/N-ethyl adjacent to an activating group) is 1. The van der Waals surface area contributed by atoms with Gasteiger partial charge < -0.3 is 14.8 Å². The van der Waals surface area contributed by atoms with Gasteiger partial charge in [-0.2, -0.15) is 0 Å². The molecule has 0 bridgehead atoms. The average molecular weight is 249 g/mol. The van der Waals surface area contributed by atoms with Crippen molar-refractivity contribution in [1.82, 2.24) is 5.32 Å². The topological polar surface area (TPSA) is 30.5 Å². The third-order valence-electron chi connectivity index (χ3n) is 3.35. The average Bonchev–Trinajstić information content (AvgIpc) is 2.80. The van der Waals surface area contributed by atoms with Crippen molar-refractivity contribution in [3.63, 3.8) is 0 Å². The predicted molar refractivity (Wildman–Crippen MR) is 73.3 cm³/mol. The second kappa shape index (κ2) is 6.64. The number of hydrogen-bond donors (Lipinski definition) is 1. The Morgan fingerprint density at radius 3 is 2.67 bits per heavy atom. The first-order valence-electron chi connectivity index (χ1n) is 6.97. The van der Waals surface area contributed by atoms with E-state index in [-0.39, 0.29) is 6.10 Å². The van der Waals surface area contributed by atoms with Crippen LogP contribution in [0.25, 0.3) is 0 Å². The van der Waals surface area contributed by atoms with Crippen LogP contribution in [0.3, 0.4) is 0 Å². The van der Waals surface area contributed by atoms with Gasteiger partial charge in [-0.25, -0.2) is 0 Å². The zero-order valence-electron chi connectivity index (χ0n) is 11.3. The summed E-state index contributed by atoms with van der Waals surface area (Å²) >= 11 is 0. The highest BCUT2D eigenvalue weighted by Gasteiger charge is 2.28. The number of benzene rings is 1. The van der Waals surface area contributed by atoms with Crippen LogP contribution in [0.5, 0.6) is 11.5 Å². The summed E-state index contributed by atoms with van der Waals surface area (Å²) in [6.45, 7) is 5.80. The Labute approximate surface area is 109 Å². The molecule has 2 rings (SSSR count). The lowest BCUT2D eigenvalue weighted by Crippen LogP contribution is -2.38. The molecule has 1 N–H and O–H groups in total. The normalized spacial score (nSPS) is 23.0. The Bertz CT molecular complexity index is 367. The lowest BCUT2D eigenvalue weighted by Gasteiger charge is -2.23. The zero-order chi connectivity index (χ0) is 12.8. The molecule has 1 saturated carbocycles. The van der Waals surface area contributed by atoms with E-state index in [1.807, 2.05) is 31.2 Å². The van der Waals surface area contributed by atoms with E-state index in [0.717, 1.165) is 24.5 Å². The van der Waals surface area contributed by atoms with Crippen molar-refractivity contribution in [2.45, 2.75) is 45.3 Å². The van der Waals surface area contributed by atoms with Crippen molar-refractivity contribution in [3.8, 4) is 11.5 Å². The molecule has 2 atom stereocenters. The van der Waals surface area contributed by atoms with Gasteiger partial charge in [0.05, 0.1) is 6.61 Å². The fraction of sp³-hybridized carbons (Fsp3) is 0.600. The van der Waals surface area contributed by atoms with Crippen LogP contribution in [-0.2, 0) is 0 Å². The largest absolute Gasteiger partial charge is 0.490 e. The van der Waals surface area contributed by atoms with E-state index in [2.05, 4.69) is 12.2 Å². The monoisotopic (exact) mass is 249 g/mol. The number of ether oxygens (including phenoxy) is 2. The van der Waals surface area contributed by atoms with Crippen molar-refractivity contribution in [2.75, 3.05) is 13.2 Å². The molecule has 0 aliphatic heterocycles. The number of nitrogens with one attached hydrogen (secondary N) is 1. The molecule has 0 radical (unpaired) electrons. The molecular weight excluding hydrogens is 226 g/mol. The molecule has 1 aromatic carbocycles. The highest BCUT2D eigenvalue weighted by molar-refractivity contribution is 5.39. The van der Waals surface area contributed by atoms with Gasteiger partial charge in [0.1, 0.15) is 6.10 Å². The third-order valence-corrected chi connectivity index (χ3v) is 3.35. The van der Waals surface area contributed by atoms with Crippen LogP contribution in [0.15, 0.2) is 24.3 Å². The molecule has 1 aliphatic carbocycles. The Morgan fingerprint density at radius 1 is 1.17 bits per heavy atom. The molecule has 0 spiro atoms. The Kier molecular flexibility index (Phi) is 4.88. The van der Waals surface area contributed by atoms with Crippen LogP contribution in [0.2, 0.25) is 0 Å². The van der Waals surface area contributed by atoms with E-state index in [1.54, 1.807) is 0 Å². The van der Waals surface area contributed by atoms with E-state index >= 15 is 0 Å². The maximum atomic E-state index is 6.14. The van der Waals surface area contributed by atoms with E-state index < -0.39 is 0 Å². The van der Waals surface area contributed by atoms with Gasteiger partial charge in [0.2, 0.25) is 0 Å². The van der Waals surface area contributed by atoms with Crippen molar-refractivity contribution in [1.29, 1.82) is 0 Å². The van der Waals surface area contributed by atoms with Gasteiger partial charge in [0.15, 0.2) is 11.5 Å². The second-order valence-corrected chi connectivity index (χ2v) is 4.63. The van der Waals surface area contributed by atoms with E-state index in [4.69, 9.17) is 9.47 Å². The fourth-order valence-corrected chi connectivity index (χ4v) is 2.55. The first-order chi connectivity index (χ1) is 8.85. The van der Waals surface area contributed by atoms with Gasteiger partial charge in [-0.05, 0) is 44.9 Å². The summed E-state index contributed by atoms with van der Waals surface area (Å²) in [6.07, 6.45) is 3.83. The quantitative estimate of drug-likeness (QED) is 0.840. The lowest BCUT2D eigenvalue weighted by molar-refractivity contribution is 0.167. The minimum Gasteiger partial charge on any atom is -0.490 e. The van der Waals surface area contributed by atoms with Crippen molar-refractivity contribution >= 4 is 0 Å². The molecular formula is C15H23NO2. The molecule has 0 amide bonds. The molecule has 3 heteroatoms. The predicted octanol–water partition coefficient (Wildman–Crippen LogP) is 2.99. The van der Waals surface area contributed by atoms with Gasteiger partial charge >= 0.3 is 0 Å². The Balaban J connectivity index is 2.03. The van der Waals surface area contributed by atoms with Gasteiger partial charge in [-0.1, -0.05) is 19.1 Å². The zero-order valence-corrected chi connectivity index (χ0v) is 11.3. The van der Waals surface area contributed by atoms with E-state index in [1.165, 1.54) is 12.8 Å². The van der Waals surface area contributed by atoms with Crippen molar-refractivity contribution < 1.29 is 9.47 Å². The van der Waals surface area contributed by atoms with E-state index in [9.17, 15) is 0 Å². The minimum atomic E-state index is 0.270. The number of rotatable bonds is 6. The smallest absolute Gasteiger partial charge is 0.161 e. The summed E-state index contributed by atoms with van der Waals surface area (Å²) in [7, 11) is 0. The standard InChI is InChI=1S/C15H23NO2/c1-3-16-12-8-7-11-13(12)18-15-10-6-5-9-14(15)17-4-2/h5-6,9-10,12-13,16H,3-4,7-8,11H2,1-2H3. The second-order valence-electron chi connectivity index (χ2n) is 4.63. The molecule has 0 heterocycles. The molecule has 100 valence electrons. The van der Waals surface area contributed by atoms with Gasteiger partial charge in [0, 0.05) is 6.04 Å². The summed E-state index contributed by atoms with van der Waals surface area (Å²) in [5.74, 6) is 1.72. The maximum absolute atomic E-state index is 6.14. The Hall–Kier alpha value is -1.22. The first-order valence-corrected chi connectivity index (χ1v) is 6.97. The molecule has 2 unspecified atom stereocenters. The summed E-state index contributed by atoms with van der Waals surface area (Å²) in [6, 6.07) is 8.41. The molecule has 1 aromatic rings. The molecule has 18 heavy (non-hydrogen) atoms. The molecule has 3 nitrogen and oxygen atoms in total. The van der Waals surface area contributed by atoms with Gasteiger partial charge in [0.25, 0.3) is 0 Å². The molecule has 1 aliphatic rings. The van der Waals surface area contributed by atoms with Crippen LogP contribution in [0.4, 0.5) is 0 Å². The van der Waals surface area contributed by atoms with E-state index in [0.29, 0.717) is 12.6 Å². The highest BCUT2D eigenvalue weighted by atomic mass is 16.5. The van der Waals surface area contributed by atoms with Gasteiger partial charge in [-0.3, -0.25) is 0 Å². The van der Waals surface area contributed by atoms with Crippen LogP contribution >= 0.6 is 0 Å². The number of hydrogen-bond acceptors (Lipinski definition) is 3. The lowest BCUT2D eigenvalue weighted by atomic mass is 10.2. The van der Waals surface area contributed by atoms with Crippen LogP contribution in [0, 0.1) is 0 Å². The van der Waals surface area contributed by atoms with Crippen molar-refractivity contribution in [3.05, 3.63) is 24.3 Å². The summed E-state index contributed by atoms with van der Waals surface area (Å²) < 4.78 is 11.7. The summed E-state index contributed by atoms with van der Waals surface area (Å²) in [5, 5.41) is 3.50. The Morgan fingerprint density at radius 2 is 1.94 bits per heavy atom. The maximum Gasteiger partial charge on any atom is 0.161 e. The summed E-state index contributed by atoms with van der Waals surface area (Å²) in [4.78, 5) is 0. The molecule has 1 fully saturated rings. The van der Waals surface area contributed by atoms with Crippen LogP contribution in [0.1, 0.15) is 33.1 Å². The number of para-hydroxylation sites is 2. The summed E-state index contributed by atoms with van der Waals surface area (Å²) in [5.41, 5.74) is 0. The van der Waals surface area contributed by atoms with Gasteiger partial charge in [-0.15, -0.1) is 0 Å². The first kappa shape index (κ1) is 13.2. The highest BCUT2D eigenvalue weighted by Crippen LogP contribution is 2.31. The molecule has 0 aromatic heterocycles. The van der Waals surface area contributed by atoms with Crippen molar-refractivity contribution in [2.24, 2.45) is 0 Å². The van der Waals surface area contributed by atoms with Crippen LogP contribution in [-0.4, -0.2) is 25.3 Å². The van der Waals surface area contributed by atoms with Crippen LogP contribution < -0.4 is 14.8 Å². The third kappa shape index (κ3) is 3.16. The minimum absolute atomic E-state index is 0.270. The SMILES string of the molecule is CCNC1CCCC1Oc1ccccc1OCC. The molecule has 0 saturated heterocycles.